The van der Waals surface area contributed by atoms with Crippen molar-refractivity contribution in [2.24, 2.45) is 5.10 Å². The maximum atomic E-state index is 12.2. The molecule has 0 saturated heterocycles. The van der Waals surface area contributed by atoms with Gasteiger partial charge in [0.05, 0.1) is 6.21 Å². The van der Waals surface area contributed by atoms with Crippen LogP contribution in [-0.2, 0) is 4.79 Å². The number of hydrogen-bond donors (Lipinski definition) is 1. The number of benzene rings is 2. The highest BCUT2D eigenvalue weighted by Crippen LogP contribution is 2.31. The number of nitrogens with one attached hydrogen (secondary N) is 1. The Morgan fingerprint density at radius 2 is 1.81 bits per heavy atom. The molecular weight excluding hydrogens is 348 g/mol. The zero-order chi connectivity index (χ0) is 17.8. The molecule has 0 spiro atoms. The highest BCUT2D eigenvalue weighted by Gasteiger charge is 2.26. The van der Waals surface area contributed by atoms with Gasteiger partial charge in [0.15, 0.2) is 11.5 Å². The molecule has 5 nitrogen and oxygen atoms in total. The summed E-state index contributed by atoms with van der Waals surface area (Å²) < 4.78 is 11.2. The predicted molar refractivity (Wildman–Crippen MR) is 102 cm³/mol. The Labute approximate surface area is 154 Å². The molecule has 26 heavy (non-hydrogen) atoms. The largest absolute Gasteiger partial charge is 0.485 e. The van der Waals surface area contributed by atoms with Crippen LogP contribution in [0.3, 0.4) is 0 Å². The number of hydrazone groups is 1. The highest BCUT2D eigenvalue weighted by atomic mass is 32.1. The van der Waals surface area contributed by atoms with Gasteiger partial charge in [-0.1, -0.05) is 42.5 Å². The average molecular weight is 364 g/mol. The second-order valence-electron chi connectivity index (χ2n) is 5.67. The summed E-state index contributed by atoms with van der Waals surface area (Å²) in [5.41, 5.74) is 3.67. The van der Waals surface area contributed by atoms with Crippen molar-refractivity contribution in [3.05, 3.63) is 71.6 Å². The number of fused-ring (bicyclic) bond motifs is 1. The van der Waals surface area contributed by atoms with Gasteiger partial charge >= 0.3 is 0 Å². The van der Waals surface area contributed by atoms with Gasteiger partial charge in [0.1, 0.15) is 6.61 Å². The number of amides is 1. The first-order valence-corrected chi connectivity index (χ1v) is 8.98. The summed E-state index contributed by atoms with van der Waals surface area (Å²) in [4.78, 5) is 14.3. The fourth-order valence-electron chi connectivity index (χ4n) is 2.56. The van der Waals surface area contributed by atoms with E-state index in [0.717, 1.165) is 15.3 Å². The Bertz CT molecular complexity index is 937. The van der Waals surface area contributed by atoms with E-state index in [-0.39, 0.29) is 12.5 Å². The Morgan fingerprint density at radius 1 is 1.04 bits per heavy atom. The van der Waals surface area contributed by atoms with E-state index in [2.05, 4.69) is 22.7 Å². The van der Waals surface area contributed by atoms with Crippen molar-refractivity contribution in [3.8, 4) is 21.9 Å². The van der Waals surface area contributed by atoms with Gasteiger partial charge in [-0.15, -0.1) is 11.3 Å². The average Bonchev–Trinajstić information content (AvgIpc) is 3.17. The number of rotatable bonds is 4. The minimum atomic E-state index is -0.717. The summed E-state index contributed by atoms with van der Waals surface area (Å²) in [6.45, 7) is 0.162. The van der Waals surface area contributed by atoms with Crippen molar-refractivity contribution < 1.29 is 14.3 Å². The van der Waals surface area contributed by atoms with Crippen LogP contribution < -0.4 is 14.9 Å². The van der Waals surface area contributed by atoms with Crippen LogP contribution in [0.15, 0.2) is 71.8 Å². The lowest BCUT2D eigenvalue weighted by atomic mass is 10.2. The van der Waals surface area contributed by atoms with Crippen molar-refractivity contribution in [2.75, 3.05) is 6.61 Å². The van der Waals surface area contributed by atoms with E-state index in [1.807, 2.05) is 48.5 Å². The van der Waals surface area contributed by atoms with Gasteiger partial charge in [-0.3, -0.25) is 4.79 Å². The number of carbonyl (C=O) groups excluding carboxylic acids is 1. The molecule has 1 atom stereocenters. The van der Waals surface area contributed by atoms with E-state index in [4.69, 9.17) is 9.47 Å². The lowest BCUT2D eigenvalue weighted by Gasteiger charge is -2.24. The van der Waals surface area contributed by atoms with E-state index >= 15 is 0 Å². The summed E-state index contributed by atoms with van der Waals surface area (Å²) in [7, 11) is 0. The van der Waals surface area contributed by atoms with E-state index in [9.17, 15) is 4.79 Å². The molecule has 0 fully saturated rings. The van der Waals surface area contributed by atoms with Crippen LogP contribution in [0.5, 0.6) is 11.5 Å². The molecular formula is C20H16N2O3S. The first-order chi connectivity index (χ1) is 12.8. The monoisotopic (exact) mass is 364 g/mol. The topological polar surface area (TPSA) is 59.9 Å². The van der Waals surface area contributed by atoms with Crippen molar-refractivity contribution in [2.45, 2.75) is 6.10 Å². The third kappa shape index (κ3) is 3.60. The lowest BCUT2D eigenvalue weighted by Crippen LogP contribution is -2.42. The van der Waals surface area contributed by atoms with Crippen LogP contribution in [0.1, 0.15) is 4.88 Å². The zero-order valence-electron chi connectivity index (χ0n) is 13.8. The van der Waals surface area contributed by atoms with Gasteiger partial charge in [0, 0.05) is 9.75 Å². The van der Waals surface area contributed by atoms with Crippen LogP contribution >= 0.6 is 11.3 Å². The SMILES string of the molecule is O=C(N/N=C\c1ccc(-c2ccccc2)s1)[C@H]1COc2ccccc2O1. The highest BCUT2D eigenvalue weighted by molar-refractivity contribution is 7.17. The summed E-state index contributed by atoms with van der Waals surface area (Å²) in [6, 6.07) is 21.4. The maximum absolute atomic E-state index is 12.2. The first-order valence-electron chi connectivity index (χ1n) is 8.16. The second kappa shape index (κ2) is 7.41. The molecule has 6 heteroatoms. The van der Waals surface area contributed by atoms with Crippen LogP contribution in [0, 0.1) is 0 Å². The van der Waals surface area contributed by atoms with Crippen molar-refractivity contribution in [1.29, 1.82) is 0 Å². The minimum absolute atomic E-state index is 0.162. The Morgan fingerprint density at radius 3 is 2.65 bits per heavy atom. The van der Waals surface area contributed by atoms with Crippen LogP contribution in [-0.4, -0.2) is 24.8 Å². The van der Waals surface area contributed by atoms with Crippen LogP contribution in [0.4, 0.5) is 0 Å². The molecule has 0 bridgehead atoms. The molecule has 0 saturated carbocycles. The first kappa shape index (κ1) is 16.4. The van der Waals surface area contributed by atoms with Gasteiger partial charge in [0.25, 0.3) is 5.91 Å². The van der Waals surface area contributed by atoms with Crippen molar-refractivity contribution in [3.63, 3.8) is 0 Å². The number of hydrogen-bond acceptors (Lipinski definition) is 5. The predicted octanol–water partition coefficient (Wildman–Crippen LogP) is 3.71. The van der Waals surface area contributed by atoms with Crippen LogP contribution in [0.2, 0.25) is 0 Å². The smallest absolute Gasteiger partial charge is 0.284 e. The summed E-state index contributed by atoms with van der Waals surface area (Å²) >= 11 is 1.61. The number of carbonyl (C=O) groups is 1. The molecule has 0 aliphatic carbocycles. The fraction of sp³-hybridized carbons (Fsp3) is 0.100. The van der Waals surface area contributed by atoms with Gasteiger partial charge < -0.3 is 9.47 Å². The number of thiophene rings is 1. The van der Waals surface area contributed by atoms with Crippen molar-refractivity contribution in [1.82, 2.24) is 5.43 Å². The van der Waals surface area contributed by atoms with Crippen LogP contribution in [0.25, 0.3) is 10.4 Å². The second-order valence-corrected chi connectivity index (χ2v) is 6.78. The van der Waals surface area contributed by atoms with Gasteiger partial charge in [0.2, 0.25) is 6.10 Å². The van der Waals surface area contributed by atoms with Gasteiger partial charge in [-0.2, -0.15) is 5.10 Å². The lowest BCUT2D eigenvalue weighted by molar-refractivity contribution is -0.130. The van der Waals surface area contributed by atoms with Gasteiger partial charge in [-0.05, 0) is 29.8 Å². The Kier molecular flexibility index (Phi) is 4.66. The molecule has 1 aliphatic rings. The van der Waals surface area contributed by atoms with E-state index in [0.29, 0.717) is 11.5 Å². The number of para-hydroxylation sites is 2. The Balaban J connectivity index is 1.36. The van der Waals surface area contributed by atoms with E-state index in [1.54, 1.807) is 23.6 Å². The molecule has 2 heterocycles. The number of ether oxygens (including phenoxy) is 2. The zero-order valence-corrected chi connectivity index (χ0v) is 14.6. The number of nitrogens with zero attached hydrogens (tertiary/aromatic N) is 1. The van der Waals surface area contributed by atoms with Crippen molar-refractivity contribution >= 4 is 23.5 Å². The summed E-state index contributed by atoms with van der Waals surface area (Å²) in [5, 5.41) is 4.03. The normalized spacial score (nSPS) is 15.8. The molecule has 1 N–H and O–H groups in total. The molecule has 1 amide bonds. The molecule has 130 valence electrons. The fourth-order valence-corrected chi connectivity index (χ4v) is 3.45. The quantitative estimate of drug-likeness (QED) is 0.567. The Hall–Kier alpha value is -3.12. The third-order valence-electron chi connectivity index (χ3n) is 3.85. The summed E-state index contributed by atoms with van der Waals surface area (Å²) in [6.07, 6.45) is 0.914. The third-order valence-corrected chi connectivity index (χ3v) is 4.92. The minimum Gasteiger partial charge on any atom is -0.485 e. The molecule has 3 aromatic rings. The molecule has 0 unspecified atom stereocenters. The molecule has 2 aromatic carbocycles. The maximum Gasteiger partial charge on any atom is 0.284 e. The van der Waals surface area contributed by atoms with E-state index < -0.39 is 6.10 Å². The molecule has 1 aromatic heterocycles. The standard InChI is InChI=1S/C20H16N2O3S/c23-20(18-13-24-16-8-4-5-9-17(16)25-18)22-21-12-15-10-11-19(26-15)14-6-2-1-3-7-14/h1-12,18H,13H2,(H,22,23)/b21-12-/t18-/m1/s1. The molecule has 0 radical (unpaired) electrons. The van der Waals surface area contributed by atoms with E-state index in [1.165, 1.54) is 0 Å². The summed E-state index contributed by atoms with van der Waals surface area (Å²) in [5.74, 6) is 0.872. The molecule has 1 aliphatic heterocycles. The van der Waals surface area contributed by atoms with Gasteiger partial charge in [-0.25, -0.2) is 5.43 Å². The molecule has 4 rings (SSSR count).